The van der Waals surface area contributed by atoms with Gasteiger partial charge in [-0.1, -0.05) is 0 Å². The Balaban J connectivity index is 2.31. The quantitative estimate of drug-likeness (QED) is 0.830. The summed E-state index contributed by atoms with van der Waals surface area (Å²) in [5.41, 5.74) is -0.259. The number of hydrogen-bond acceptors (Lipinski definition) is 2. The second-order valence-corrected chi connectivity index (χ2v) is 4.71. The molecule has 1 heterocycles. The Labute approximate surface area is 93.5 Å². The first-order valence-electron chi connectivity index (χ1n) is 4.47. The molecule has 0 amide bonds. The van der Waals surface area contributed by atoms with Gasteiger partial charge in [-0.05, 0) is 30.2 Å². The third kappa shape index (κ3) is 2.02. The monoisotopic (exact) mass is 248 g/mol. The van der Waals surface area contributed by atoms with Crippen LogP contribution in [0.3, 0.4) is 0 Å². The molecule has 0 fully saturated rings. The van der Waals surface area contributed by atoms with Gasteiger partial charge >= 0.3 is 12.1 Å². The molecule has 0 aromatic heterocycles. The summed E-state index contributed by atoms with van der Waals surface area (Å²) in [5, 5.41) is 8.10. The van der Waals surface area contributed by atoms with Crippen molar-refractivity contribution in [3.8, 4) is 0 Å². The first kappa shape index (κ1) is 11.3. The number of alkyl halides is 3. The Morgan fingerprint density at radius 3 is 2.69 bits per heavy atom. The minimum Gasteiger partial charge on any atom is -0.480 e. The van der Waals surface area contributed by atoms with E-state index in [2.05, 4.69) is 0 Å². The Morgan fingerprint density at radius 2 is 2.12 bits per heavy atom. The van der Waals surface area contributed by atoms with E-state index in [0.29, 0.717) is 10.5 Å². The van der Waals surface area contributed by atoms with Crippen molar-refractivity contribution in [2.24, 2.45) is 0 Å². The van der Waals surface area contributed by atoms with Gasteiger partial charge in [0.25, 0.3) is 0 Å². The van der Waals surface area contributed by atoms with Crippen molar-refractivity contribution in [1.82, 2.24) is 0 Å². The Hall–Kier alpha value is -1.17. The molecule has 1 N–H and O–H groups in total. The minimum absolute atomic E-state index is 0.152. The number of carboxylic acids is 1. The van der Waals surface area contributed by atoms with E-state index in [1.54, 1.807) is 0 Å². The van der Waals surface area contributed by atoms with E-state index >= 15 is 0 Å². The maximum atomic E-state index is 12.4. The van der Waals surface area contributed by atoms with E-state index in [0.717, 1.165) is 23.9 Å². The first-order chi connectivity index (χ1) is 7.38. The molecule has 16 heavy (non-hydrogen) atoms. The lowest BCUT2D eigenvalue weighted by atomic mass is 10.1. The van der Waals surface area contributed by atoms with Crippen LogP contribution in [0.1, 0.15) is 11.1 Å². The van der Waals surface area contributed by atoms with Gasteiger partial charge < -0.3 is 5.11 Å². The fraction of sp³-hybridized carbons (Fsp3) is 0.300. The van der Waals surface area contributed by atoms with Crippen molar-refractivity contribution >= 4 is 17.7 Å². The zero-order valence-corrected chi connectivity index (χ0v) is 8.73. The molecule has 0 radical (unpaired) electrons. The van der Waals surface area contributed by atoms with Gasteiger partial charge in [-0.3, -0.25) is 4.79 Å². The van der Waals surface area contributed by atoms with Crippen molar-refractivity contribution < 1.29 is 23.1 Å². The molecule has 0 saturated heterocycles. The average molecular weight is 248 g/mol. The number of rotatable bonds is 1. The number of carbonyl (C=O) groups is 1. The highest BCUT2D eigenvalue weighted by Crippen LogP contribution is 2.40. The molecule has 1 aromatic rings. The Morgan fingerprint density at radius 1 is 1.44 bits per heavy atom. The van der Waals surface area contributed by atoms with E-state index < -0.39 is 23.0 Å². The number of benzene rings is 1. The standard InChI is InChI=1S/C10H7F3O2S/c11-10(12,13)6-1-2-7-5(3-6)4-8(16-7)9(14)15/h1-3,8H,4H2,(H,14,15)/t8-/m0/s1. The van der Waals surface area contributed by atoms with E-state index in [9.17, 15) is 18.0 Å². The van der Waals surface area contributed by atoms with Gasteiger partial charge in [0.05, 0.1) is 5.56 Å². The molecule has 1 aromatic carbocycles. The fourth-order valence-corrected chi connectivity index (χ4v) is 2.67. The summed E-state index contributed by atoms with van der Waals surface area (Å²) in [6.07, 6.45) is -4.22. The summed E-state index contributed by atoms with van der Waals surface area (Å²) in [6, 6.07) is 3.35. The molecule has 0 unspecified atom stereocenters. The van der Waals surface area contributed by atoms with Crippen molar-refractivity contribution in [3.05, 3.63) is 29.3 Å². The minimum atomic E-state index is -4.37. The molecule has 2 nitrogen and oxygen atoms in total. The maximum Gasteiger partial charge on any atom is 0.416 e. The van der Waals surface area contributed by atoms with E-state index in [1.807, 2.05) is 0 Å². The first-order valence-corrected chi connectivity index (χ1v) is 5.35. The summed E-state index contributed by atoms with van der Waals surface area (Å²) in [5.74, 6) is -0.991. The van der Waals surface area contributed by atoms with Crippen molar-refractivity contribution in [1.29, 1.82) is 0 Å². The SMILES string of the molecule is O=C(O)[C@@H]1Cc2cc(C(F)(F)F)ccc2S1. The molecule has 1 atom stereocenters. The number of carboxylic acid groups (broad SMARTS) is 1. The lowest BCUT2D eigenvalue weighted by molar-refractivity contribution is -0.137. The number of hydrogen-bond donors (Lipinski definition) is 1. The normalized spacial score (nSPS) is 19.6. The van der Waals surface area contributed by atoms with Crippen LogP contribution >= 0.6 is 11.8 Å². The Kier molecular flexibility index (Phi) is 2.61. The molecule has 0 aliphatic carbocycles. The highest BCUT2D eigenvalue weighted by molar-refractivity contribution is 8.01. The summed E-state index contributed by atoms with van der Waals surface area (Å²) in [6.45, 7) is 0. The molecule has 0 spiro atoms. The summed E-state index contributed by atoms with van der Waals surface area (Å²) in [7, 11) is 0. The zero-order valence-electron chi connectivity index (χ0n) is 7.91. The van der Waals surface area contributed by atoms with Gasteiger partial charge in [0.15, 0.2) is 0 Å². The van der Waals surface area contributed by atoms with Crippen LogP contribution in [-0.2, 0) is 17.4 Å². The lowest BCUT2D eigenvalue weighted by Gasteiger charge is -2.07. The second-order valence-electron chi connectivity index (χ2n) is 3.47. The van der Waals surface area contributed by atoms with E-state index in [-0.39, 0.29) is 6.42 Å². The molecular weight excluding hydrogens is 241 g/mol. The Bertz CT molecular complexity index is 442. The van der Waals surface area contributed by atoms with Crippen LogP contribution in [0.5, 0.6) is 0 Å². The van der Waals surface area contributed by atoms with Gasteiger partial charge in [-0.25, -0.2) is 0 Å². The average Bonchev–Trinajstić information content (AvgIpc) is 2.58. The van der Waals surface area contributed by atoms with Crippen LogP contribution < -0.4 is 0 Å². The molecule has 0 bridgehead atoms. The molecular formula is C10H7F3O2S. The van der Waals surface area contributed by atoms with E-state index in [1.165, 1.54) is 6.07 Å². The van der Waals surface area contributed by atoms with Gasteiger partial charge in [0.1, 0.15) is 5.25 Å². The lowest BCUT2D eigenvalue weighted by Crippen LogP contribution is -2.14. The molecule has 1 aliphatic rings. The predicted molar refractivity (Wildman–Crippen MR) is 52.4 cm³/mol. The van der Waals surface area contributed by atoms with Crippen LogP contribution in [0.2, 0.25) is 0 Å². The molecule has 86 valence electrons. The highest BCUT2D eigenvalue weighted by Gasteiger charge is 2.34. The van der Waals surface area contributed by atoms with Crippen LogP contribution in [0.15, 0.2) is 23.1 Å². The largest absolute Gasteiger partial charge is 0.480 e. The second kappa shape index (κ2) is 3.69. The summed E-state index contributed by atoms with van der Waals surface area (Å²) in [4.78, 5) is 11.3. The van der Waals surface area contributed by atoms with Gasteiger partial charge in [-0.2, -0.15) is 13.2 Å². The number of aliphatic carboxylic acids is 1. The van der Waals surface area contributed by atoms with Gasteiger partial charge in [0, 0.05) is 4.90 Å². The topological polar surface area (TPSA) is 37.3 Å². The van der Waals surface area contributed by atoms with E-state index in [4.69, 9.17) is 5.11 Å². The number of thioether (sulfide) groups is 1. The zero-order chi connectivity index (χ0) is 11.9. The van der Waals surface area contributed by atoms with Crippen molar-refractivity contribution in [3.63, 3.8) is 0 Å². The molecule has 6 heteroatoms. The summed E-state index contributed by atoms with van der Waals surface area (Å²) < 4.78 is 37.2. The van der Waals surface area contributed by atoms with Crippen LogP contribution in [0.25, 0.3) is 0 Å². The van der Waals surface area contributed by atoms with Crippen LogP contribution in [0, 0.1) is 0 Å². The van der Waals surface area contributed by atoms with Gasteiger partial charge in [0.2, 0.25) is 0 Å². The maximum absolute atomic E-state index is 12.4. The third-order valence-corrected chi connectivity index (χ3v) is 3.64. The van der Waals surface area contributed by atoms with Crippen molar-refractivity contribution in [2.75, 3.05) is 0 Å². The number of fused-ring (bicyclic) bond motifs is 1. The van der Waals surface area contributed by atoms with Crippen LogP contribution in [0.4, 0.5) is 13.2 Å². The third-order valence-electron chi connectivity index (χ3n) is 2.34. The number of halogens is 3. The van der Waals surface area contributed by atoms with Gasteiger partial charge in [-0.15, -0.1) is 11.8 Å². The molecule has 0 saturated carbocycles. The summed E-state index contributed by atoms with van der Waals surface area (Å²) >= 11 is 1.10. The molecule has 1 aliphatic heterocycles. The van der Waals surface area contributed by atoms with Crippen LogP contribution in [-0.4, -0.2) is 16.3 Å². The smallest absolute Gasteiger partial charge is 0.416 e. The highest BCUT2D eigenvalue weighted by atomic mass is 32.2. The predicted octanol–water partition coefficient (Wildman–Crippen LogP) is 2.81. The fourth-order valence-electron chi connectivity index (χ4n) is 1.56. The van der Waals surface area contributed by atoms with Crippen molar-refractivity contribution in [2.45, 2.75) is 22.7 Å². The molecule has 2 rings (SSSR count).